The lowest BCUT2D eigenvalue weighted by Crippen LogP contribution is -2.37. The number of rotatable bonds is 10. The lowest BCUT2D eigenvalue weighted by Gasteiger charge is -2.14. The maximum atomic E-state index is 5.65. The second kappa shape index (κ2) is 14.0. The van der Waals surface area contributed by atoms with Crippen molar-refractivity contribution >= 4 is 35.6 Å². The van der Waals surface area contributed by atoms with E-state index in [-0.39, 0.29) is 24.0 Å². The van der Waals surface area contributed by atoms with Gasteiger partial charge in [0.2, 0.25) is 0 Å². The van der Waals surface area contributed by atoms with Crippen molar-refractivity contribution in [1.29, 1.82) is 0 Å². The first-order valence-electron chi connectivity index (χ1n) is 10.1. The molecule has 0 aliphatic heterocycles. The first-order chi connectivity index (χ1) is 14.1. The Morgan fingerprint density at radius 3 is 2.30 bits per heavy atom. The van der Waals surface area contributed by atoms with Crippen LogP contribution in [0.5, 0.6) is 11.5 Å². The molecule has 0 saturated heterocycles. The average molecular weight is 526 g/mol. The molecular formula is C23H35IN4O2. The summed E-state index contributed by atoms with van der Waals surface area (Å²) in [4.78, 5) is 6.40. The second-order valence-electron chi connectivity index (χ2n) is 6.94. The average Bonchev–Trinajstić information content (AvgIpc) is 2.74. The van der Waals surface area contributed by atoms with Crippen molar-refractivity contribution in [2.75, 3.05) is 46.3 Å². The maximum Gasteiger partial charge on any atom is 0.191 e. The zero-order chi connectivity index (χ0) is 21.1. The summed E-state index contributed by atoms with van der Waals surface area (Å²) in [5.74, 6) is 2.39. The van der Waals surface area contributed by atoms with E-state index in [1.165, 1.54) is 16.8 Å². The standard InChI is InChI=1S/C23H34N4O2.HI/c1-6-29-22-16-18(11-14-21(22)28-5)8-7-15-25-23(24-2)26-17-19-9-12-20(13-10-19)27(3)4;/h9-14,16H,6-8,15,17H2,1-5H3,(H2,24,25,26);1H. The summed E-state index contributed by atoms with van der Waals surface area (Å²) in [6, 6.07) is 14.6. The van der Waals surface area contributed by atoms with E-state index in [2.05, 4.69) is 56.9 Å². The fourth-order valence-electron chi connectivity index (χ4n) is 2.96. The summed E-state index contributed by atoms with van der Waals surface area (Å²) in [6.07, 6.45) is 1.95. The Morgan fingerprint density at radius 1 is 1.00 bits per heavy atom. The molecule has 0 aromatic heterocycles. The molecule has 0 spiro atoms. The van der Waals surface area contributed by atoms with Crippen molar-refractivity contribution in [2.24, 2.45) is 4.99 Å². The molecule has 0 radical (unpaired) electrons. The van der Waals surface area contributed by atoms with Crippen LogP contribution in [0.2, 0.25) is 0 Å². The van der Waals surface area contributed by atoms with E-state index in [1.54, 1.807) is 14.2 Å². The quantitative estimate of drug-likeness (QED) is 0.212. The van der Waals surface area contributed by atoms with Crippen LogP contribution >= 0.6 is 24.0 Å². The Morgan fingerprint density at radius 2 is 1.70 bits per heavy atom. The summed E-state index contributed by atoms with van der Waals surface area (Å²) in [6.45, 7) is 4.19. The van der Waals surface area contributed by atoms with Gasteiger partial charge in [-0.05, 0) is 55.2 Å². The van der Waals surface area contributed by atoms with E-state index < -0.39 is 0 Å². The maximum absolute atomic E-state index is 5.65. The highest BCUT2D eigenvalue weighted by Gasteiger charge is 2.06. The molecule has 2 rings (SSSR count). The van der Waals surface area contributed by atoms with Crippen LogP contribution in [0.25, 0.3) is 0 Å². The molecule has 2 N–H and O–H groups in total. The van der Waals surface area contributed by atoms with E-state index in [0.717, 1.165) is 43.4 Å². The van der Waals surface area contributed by atoms with Gasteiger partial charge in [0, 0.05) is 39.9 Å². The SMILES string of the molecule is CCOc1cc(CCCNC(=NC)NCc2ccc(N(C)C)cc2)ccc1OC.I. The van der Waals surface area contributed by atoms with Crippen molar-refractivity contribution < 1.29 is 9.47 Å². The monoisotopic (exact) mass is 526 g/mol. The van der Waals surface area contributed by atoms with Crippen molar-refractivity contribution in [1.82, 2.24) is 10.6 Å². The highest BCUT2D eigenvalue weighted by atomic mass is 127. The molecule has 0 fully saturated rings. The molecule has 30 heavy (non-hydrogen) atoms. The molecule has 166 valence electrons. The number of anilines is 1. The van der Waals surface area contributed by atoms with Crippen LogP contribution in [-0.2, 0) is 13.0 Å². The molecule has 0 bridgehead atoms. The van der Waals surface area contributed by atoms with Crippen molar-refractivity contribution in [2.45, 2.75) is 26.3 Å². The molecule has 0 heterocycles. The van der Waals surface area contributed by atoms with E-state index in [0.29, 0.717) is 6.61 Å². The molecule has 0 aliphatic carbocycles. The number of ether oxygens (including phenoxy) is 2. The number of methoxy groups -OCH3 is 1. The molecule has 0 amide bonds. The first-order valence-corrected chi connectivity index (χ1v) is 10.1. The van der Waals surface area contributed by atoms with E-state index in [1.807, 2.05) is 27.1 Å². The van der Waals surface area contributed by atoms with Crippen LogP contribution in [0.4, 0.5) is 5.69 Å². The van der Waals surface area contributed by atoms with Gasteiger partial charge in [-0.25, -0.2) is 0 Å². The summed E-state index contributed by atoms with van der Waals surface area (Å²) < 4.78 is 11.0. The molecule has 0 saturated carbocycles. The number of hydrogen-bond donors (Lipinski definition) is 2. The van der Waals surface area contributed by atoms with Crippen LogP contribution in [0.1, 0.15) is 24.5 Å². The molecular weight excluding hydrogens is 491 g/mol. The number of aliphatic imine (C=N–C) groups is 1. The number of nitrogens with one attached hydrogen (secondary N) is 2. The fourth-order valence-corrected chi connectivity index (χ4v) is 2.96. The minimum Gasteiger partial charge on any atom is -0.493 e. The van der Waals surface area contributed by atoms with Crippen LogP contribution in [0, 0.1) is 0 Å². The molecule has 0 aliphatic rings. The predicted molar refractivity (Wildman–Crippen MR) is 137 cm³/mol. The Labute approximate surface area is 198 Å². The number of nitrogens with zero attached hydrogens (tertiary/aromatic N) is 2. The van der Waals surface area contributed by atoms with Gasteiger partial charge in [0.1, 0.15) is 0 Å². The molecule has 6 nitrogen and oxygen atoms in total. The highest BCUT2D eigenvalue weighted by molar-refractivity contribution is 14.0. The van der Waals surface area contributed by atoms with Crippen LogP contribution in [0.15, 0.2) is 47.5 Å². The fraction of sp³-hybridized carbons (Fsp3) is 0.435. The van der Waals surface area contributed by atoms with Gasteiger partial charge in [-0.15, -0.1) is 24.0 Å². The molecule has 7 heteroatoms. The summed E-state index contributed by atoms with van der Waals surface area (Å²) in [5.41, 5.74) is 3.66. The highest BCUT2D eigenvalue weighted by Crippen LogP contribution is 2.28. The largest absolute Gasteiger partial charge is 0.493 e. The smallest absolute Gasteiger partial charge is 0.191 e. The minimum atomic E-state index is 0. The third kappa shape index (κ3) is 8.30. The molecule has 2 aromatic carbocycles. The molecule has 2 aromatic rings. The number of aryl methyl sites for hydroxylation is 1. The van der Waals surface area contributed by atoms with E-state index in [9.17, 15) is 0 Å². The Bertz CT molecular complexity index is 779. The van der Waals surface area contributed by atoms with Gasteiger partial charge in [0.15, 0.2) is 17.5 Å². The Kier molecular flexibility index (Phi) is 12.0. The number of hydrogen-bond acceptors (Lipinski definition) is 4. The summed E-state index contributed by atoms with van der Waals surface area (Å²) in [7, 11) is 7.55. The van der Waals surface area contributed by atoms with E-state index in [4.69, 9.17) is 9.47 Å². The number of guanidine groups is 1. The minimum absolute atomic E-state index is 0. The second-order valence-corrected chi connectivity index (χ2v) is 6.94. The summed E-state index contributed by atoms with van der Waals surface area (Å²) in [5, 5.41) is 6.74. The van der Waals surface area contributed by atoms with Gasteiger partial charge >= 0.3 is 0 Å². The Hall–Kier alpha value is -2.16. The third-order valence-electron chi connectivity index (χ3n) is 4.60. The van der Waals surface area contributed by atoms with Crippen LogP contribution < -0.4 is 25.0 Å². The van der Waals surface area contributed by atoms with E-state index >= 15 is 0 Å². The van der Waals surface area contributed by atoms with Crippen molar-refractivity contribution in [3.63, 3.8) is 0 Å². The summed E-state index contributed by atoms with van der Waals surface area (Å²) >= 11 is 0. The normalized spacial score (nSPS) is 10.8. The Balaban J connectivity index is 0.00000450. The van der Waals surface area contributed by atoms with Crippen LogP contribution in [-0.4, -0.2) is 47.4 Å². The third-order valence-corrected chi connectivity index (χ3v) is 4.60. The van der Waals surface area contributed by atoms with Crippen molar-refractivity contribution in [3.05, 3.63) is 53.6 Å². The zero-order valence-corrected chi connectivity index (χ0v) is 21.0. The lowest BCUT2D eigenvalue weighted by atomic mass is 10.1. The lowest BCUT2D eigenvalue weighted by molar-refractivity contribution is 0.310. The predicted octanol–water partition coefficient (Wildman–Crippen LogP) is 4.08. The van der Waals surface area contributed by atoms with Gasteiger partial charge in [-0.1, -0.05) is 18.2 Å². The molecule has 0 atom stereocenters. The topological polar surface area (TPSA) is 58.1 Å². The first kappa shape index (κ1) is 25.9. The van der Waals surface area contributed by atoms with Gasteiger partial charge < -0.3 is 25.0 Å². The van der Waals surface area contributed by atoms with Gasteiger partial charge in [0.25, 0.3) is 0 Å². The van der Waals surface area contributed by atoms with Crippen LogP contribution in [0.3, 0.4) is 0 Å². The van der Waals surface area contributed by atoms with Gasteiger partial charge in [0.05, 0.1) is 13.7 Å². The zero-order valence-electron chi connectivity index (χ0n) is 18.7. The van der Waals surface area contributed by atoms with Gasteiger partial charge in [-0.2, -0.15) is 0 Å². The number of benzene rings is 2. The molecule has 0 unspecified atom stereocenters. The van der Waals surface area contributed by atoms with Gasteiger partial charge in [-0.3, -0.25) is 4.99 Å². The van der Waals surface area contributed by atoms with Crippen molar-refractivity contribution in [3.8, 4) is 11.5 Å². The number of halogens is 1.